The van der Waals surface area contributed by atoms with E-state index >= 15 is 0 Å². The van der Waals surface area contributed by atoms with Crippen LogP contribution >= 0.6 is 0 Å². The summed E-state index contributed by atoms with van der Waals surface area (Å²) in [5.74, 6) is 1.60. The highest BCUT2D eigenvalue weighted by molar-refractivity contribution is 5.40. The fraction of sp³-hybridized carbons (Fsp3) is 0.760. The van der Waals surface area contributed by atoms with E-state index in [0.717, 1.165) is 76.0 Å². The van der Waals surface area contributed by atoms with Gasteiger partial charge in [-0.15, -0.1) is 0 Å². The largest absolute Gasteiger partial charge is 0.497 e. The van der Waals surface area contributed by atoms with Crippen LogP contribution in [0.3, 0.4) is 0 Å². The molecule has 182 valence electrons. The number of β-amino-alcohol motifs (C(OH)–C–C–N with tert-alkyl or cyclic N) is 1. The molecule has 1 aromatic rings. The van der Waals surface area contributed by atoms with Crippen molar-refractivity contribution in [3.63, 3.8) is 0 Å². The summed E-state index contributed by atoms with van der Waals surface area (Å²) in [5, 5.41) is 10.6. The van der Waals surface area contributed by atoms with E-state index in [0.29, 0.717) is 13.2 Å². The maximum atomic E-state index is 10.6. The summed E-state index contributed by atoms with van der Waals surface area (Å²) in [6.45, 7) is 9.97. The number of rotatable bonds is 11. The molecular formula is C25H43N3O4. The lowest BCUT2D eigenvalue weighted by molar-refractivity contribution is 0.0640. The maximum Gasteiger partial charge on any atom is 0.127 e. The molecule has 1 aromatic carbocycles. The average molecular weight is 450 g/mol. The molecule has 2 saturated heterocycles. The van der Waals surface area contributed by atoms with Crippen molar-refractivity contribution in [1.82, 2.24) is 14.7 Å². The number of hydrogen-bond acceptors (Lipinski definition) is 7. The molecule has 2 aliphatic rings. The van der Waals surface area contributed by atoms with E-state index in [4.69, 9.17) is 14.2 Å². The van der Waals surface area contributed by atoms with Crippen LogP contribution in [0, 0.1) is 0 Å². The van der Waals surface area contributed by atoms with Gasteiger partial charge in [0.05, 0.1) is 13.7 Å². The molecule has 2 aliphatic heterocycles. The number of aliphatic hydroxyl groups excluding tert-OH is 1. The zero-order valence-electron chi connectivity index (χ0n) is 20.1. The highest BCUT2D eigenvalue weighted by atomic mass is 16.5. The molecular weight excluding hydrogens is 406 g/mol. The Morgan fingerprint density at radius 1 is 0.875 bits per heavy atom. The molecule has 0 aliphatic carbocycles. The molecule has 1 atom stereocenters. The standard InChI is InChI=1S/C25H43N3O4/c1-30-17-16-26-12-14-28(15-13-26)19-22-8-9-24(31-2)18-25(22)32-21-23(29)20-27-10-6-4-3-5-7-11-27/h8-9,18,23,29H,3-7,10-17,19-21H2,1-2H3. The van der Waals surface area contributed by atoms with Crippen molar-refractivity contribution in [1.29, 1.82) is 0 Å². The molecule has 0 spiro atoms. The minimum Gasteiger partial charge on any atom is -0.497 e. The number of methoxy groups -OCH3 is 2. The second-order valence-electron chi connectivity index (χ2n) is 9.12. The summed E-state index contributed by atoms with van der Waals surface area (Å²) in [7, 11) is 3.43. The Morgan fingerprint density at radius 3 is 2.25 bits per heavy atom. The van der Waals surface area contributed by atoms with Crippen molar-refractivity contribution < 1.29 is 19.3 Å². The van der Waals surface area contributed by atoms with Crippen molar-refractivity contribution >= 4 is 0 Å². The third-order valence-corrected chi connectivity index (χ3v) is 6.59. The van der Waals surface area contributed by atoms with E-state index in [1.54, 1.807) is 14.2 Å². The van der Waals surface area contributed by atoms with Gasteiger partial charge in [-0.05, 0) is 32.0 Å². The van der Waals surface area contributed by atoms with Gasteiger partial charge < -0.3 is 24.2 Å². The van der Waals surface area contributed by atoms with E-state index in [2.05, 4.69) is 20.8 Å². The third-order valence-electron chi connectivity index (χ3n) is 6.59. The Kier molecular flexibility index (Phi) is 11.1. The van der Waals surface area contributed by atoms with Gasteiger partial charge in [0, 0.05) is 64.6 Å². The maximum absolute atomic E-state index is 10.6. The fourth-order valence-corrected chi connectivity index (χ4v) is 4.59. The zero-order valence-corrected chi connectivity index (χ0v) is 20.1. The smallest absolute Gasteiger partial charge is 0.127 e. The number of ether oxygens (including phenoxy) is 3. The van der Waals surface area contributed by atoms with Crippen molar-refractivity contribution in [2.45, 2.75) is 44.8 Å². The van der Waals surface area contributed by atoms with Crippen LogP contribution in [0.2, 0.25) is 0 Å². The summed E-state index contributed by atoms with van der Waals surface area (Å²) in [6.07, 6.45) is 5.92. The monoisotopic (exact) mass is 449 g/mol. The first kappa shape index (κ1) is 25.2. The van der Waals surface area contributed by atoms with Crippen molar-refractivity contribution in [2.24, 2.45) is 0 Å². The SMILES string of the molecule is COCCN1CCN(Cc2ccc(OC)cc2OCC(O)CN2CCCCCCC2)CC1. The lowest BCUT2D eigenvalue weighted by atomic mass is 10.1. The molecule has 3 rings (SSSR count). The number of benzene rings is 1. The van der Waals surface area contributed by atoms with Gasteiger partial charge in [0.15, 0.2) is 0 Å². The first-order valence-electron chi connectivity index (χ1n) is 12.3. The van der Waals surface area contributed by atoms with Crippen LogP contribution in [0.15, 0.2) is 18.2 Å². The van der Waals surface area contributed by atoms with Gasteiger partial charge in [-0.25, -0.2) is 0 Å². The van der Waals surface area contributed by atoms with E-state index in [9.17, 15) is 5.11 Å². The molecule has 2 fully saturated rings. The second-order valence-corrected chi connectivity index (χ2v) is 9.12. The fourth-order valence-electron chi connectivity index (χ4n) is 4.59. The van der Waals surface area contributed by atoms with Crippen LogP contribution in [0.25, 0.3) is 0 Å². The van der Waals surface area contributed by atoms with Gasteiger partial charge in [-0.2, -0.15) is 0 Å². The predicted molar refractivity (Wildman–Crippen MR) is 128 cm³/mol. The number of nitrogens with zero attached hydrogens (tertiary/aromatic N) is 3. The molecule has 0 bridgehead atoms. The highest BCUT2D eigenvalue weighted by Crippen LogP contribution is 2.27. The number of piperazine rings is 1. The normalized spacial score (nSPS) is 20.5. The minimum atomic E-state index is -0.488. The number of aliphatic hydroxyl groups is 1. The van der Waals surface area contributed by atoms with Gasteiger partial charge in [0.2, 0.25) is 0 Å². The predicted octanol–water partition coefficient (Wildman–Crippen LogP) is 2.46. The van der Waals surface area contributed by atoms with Crippen LogP contribution in [-0.2, 0) is 11.3 Å². The van der Waals surface area contributed by atoms with Crippen LogP contribution < -0.4 is 9.47 Å². The molecule has 0 amide bonds. The van der Waals surface area contributed by atoms with E-state index < -0.39 is 6.10 Å². The molecule has 0 aromatic heterocycles. The Hall–Kier alpha value is -1.38. The summed E-state index contributed by atoms with van der Waals surface area (Å²) < 4.78 is 16.8. The molecule has 0 radical (unpaired) electrons. The summed E-state index contributed by atoms with van der Waals surface area (Å²) >= 11 is 0. The Morgan fingerprint density at radius 2 is 1.56 bits per heavy atom. The van der Waals surface area contributed by atoms with Gasteiger partial charge >= 0.3 is 0 Å². The lowest BCUT2D eigenvalue weighted by Crippen LogP contribution is -2.46. The Bertz CT molecular complexity index is 644. The zero-order chi connectivity index (χ0) is 22.6. The van der Waals surface area contributed by atoms with Crippen LogP contribution in [-0.4, -0.2) is 106 Å². The van der Waals surface area contributed by atoms with Gasteiger partial charge in [0.1, 0.15) is 24.2 Å². The van der Waals surface area contributed by atoms with Crippen LogP contribution in [0.1, 0.15) is 37.7 Å². The molecule has 7 heteroatoms. The molecule has 1 N–H and O–H groups in total. The molecule has 1 unspecified atom stereocenters. The highest BCUT2D eigenvalue weighted by Gasteiger charge is 2.19. The molecule has 7 nitrogen and oxygen atoms in total. The molecule has 32 heavy (non-hydrogen) atoms. The first-order valence-corrected chi connectivity index (χ1v) is 12.3. The van der Waals surface area contributed by atoms with Gasteiger partial charge in [-0.3, -0.25) is 9.80 Å². The minimum absolute atomic E-state index is 0.307. The Labute approximate surface area is 194 Å². The quantitative estimate of drug-likeness (QED) is 0.557. The van der Waals surface area contributed by atoms with Crippen LogP contribution in [0.5, 0.6) is 11.5 Å². The van der Waals surface area contributed by atoms with Crippen molar-refractivity contribution in [3.8, 4) is 11.5 Å². The lowest BCUT2D eigenvalue weighted by Gasteiger charge is -2.34. The summed E-state index contributed by atoms with van der Waals surface area (Å²) in [4.78, 5) is 7.31. The van der Waals surface area contributed by atoms with Crippen molar-refractivity contribution in [2.75, 3.05) is 79.8 Å². The number of likely N-dealkylation sites (tertiary alicyclic amines) is 1. The van der Waals surface area contributed by atoms with Gasteiger partial charge in [0.25, 0.3) is 0 Å². The van der Waals surface area contributed by atoms with Crippen LogP contribution in [0.4, 0.5) is 0 Å². The summed E-state index contributed by atoms with van der Waals surface area (Å²) in [6, 6.07) is 6.04. The molecule has 2 heterocycles. The van der Waals surface area contributed by atoms with E-state index in [1.807, 2.05) is 12.1 Å². The third kappa shape index (κ3) is 8.52. The van der Waals surface area contributed by atoms with Crippen molar-refractivity contribution in [3.05, 3.63) is 23.8 Å². The first-order chi connectivity index (χ1) is 15.7. The number of hydrogen-bond donors (Lipinski definition) is 1. The van der Waals surface area contributed by atoms with E-state index in [-0.39, 0.29) is 0 Å². The summed E-state index contributed by atoms with van der Waals surface area (Å²) in [5.41, 5.74) is 1.15. The van der Waals surface area contributed by atoms with Gasteiger partial charge in [-0.1, -0.05) is 25.3 Å². The molecule has 0 saturated carbocycles. The average Bonchev–Trinajstić information content (AvgIpc) is 2.79. The second kappa shape index (κ2) is 14.0. The van der Waals surface area contributed by atoms with E-state index in [1.165, 1.54) is 32.1 Å². The topological polar surface area (TPSA) is 57.6 Å². The Balaban J connectivity index is 1.51.